The van der Waals surface area contributed by atoms with E-state index in [9.17, 15) is 19.6 Å². The van der Waals surface area contributed by atoms with Gasteiger partial charge in [0.2, 0.25) is 0 Å². The maximum atomic E-state index is 13.8. The van der Waals surface area contributed by atoms with Gasteiger partial charge in [0.15, 0.2) is 6.17 Å². The topological polar surface area (TPSA) is 118 Å². The maximum absolute atomic E-state index is 13.8. The number of hydroxylamine groups is 2. The number of nitrogens with zero attached hydrogens (tertiary/aromatic N) is 4. The van der Waals surface area contributed by atoms with Gasteiger partial charge >= 0.3 is 12.1 Å². The molecule has 0 aliphatic carbocycles. The monoisotopic (exact) mass is 636 g/mol. The van der Waals surface area contributed by atoms with Crippen LogP contribution in [0.15, 0.2) is 71.8 Å². The van der Waals surface area contributed by atoms with Crippen molar-refractivity contribution in [1.82, 2.24) is 15.4 Å². The van der Waals surface area contributed by atoms with Crippen LogP contribution in [-0.2, 0) is 4.79 Å². The number of hydrogen-bond acceptors (Lipinski definition) is 5. The first-order valence-electron chi connectivity index (χ1n) is 12.1. The summed E-state index contributed by atoms with van der Waals surface area (Å²) in [6.45, 7) is 2.76. The zero-order valence-corrected chi connectivity index (χ0v) is 24.7. The van der Waals surface area contributed by atoms with Crippen LogP contribution in [0.4, 0.5) is 21.0 Å². The van der Waals surface area contributed by atoms with Gasteiger partial charge in [0.1, 0.15) is 6.54 Å². The van der Waals surface area contributed by atoms with Crippen molar-refractivity contribution >= 4 is 82.0 Å². The fraction of sp³-hybridized carbons (Fsp3) is 0.185. The molecule has 1 atom stereocenters. The molecule has 1 heterocycles. The third kappa shape index (κ3) is 6.69. The molecule has 10 nitrogen and oxygen atoms in total. The Labute approximate surface area is 256 Å². The fourth-order valence-electron chi connectivity index (χ4n) is 4.27. The van der Waals surface area contributed by atoms with E-state index in [1.54, 1.807) is 26.0 Å². The number of hydrogen-bond donors (Lipinski definition) is 3. The number of carbonyl (C=O) groups excluding carboxylic acids is 3. The van der Waals surface area contributed by atoms with Crippen LogP contribution in [0.2, 0.25) is 20.1 Å². The normalized spacial score (nSPS) is 16.3. The van der Waals surface area contributed by atoms with Crippen molar-refractivity contribution in [2.45, 2.75) is 25.6 Å². The van der Waals surface area contributed by atoms with Crippen molar-refractivity contribution in [2.75, 3.05) is 16.8 Å². The summed E-state index contributed by atoms with van der Waals surface area (Å²) in [5.74, 6) is -0.599. The van der Waals surface area contributed by atoms with Crippen LogP contribution in [0.1, 0.15) is 19.4 Å². The van der Waals surface area contributed by atoms with Gasteiger partial charge in [0.05, 0.1) is 31.8 Å². The molecule has 1 fully saturated rings. The van der Waals surface area contributed by atoms with Crippen molar-refractivity contribution in [1.29, 1.82) is 0 Å². The van der Waals surface area contributed by atoms with E-state index in [-0.39, 0.29) is 31.5 Å². The number of amides is 5. The van der Waals surface area contributed by atoms with Crippen molar-refractivity contribution in [3.63, 3.8) is 0 Å². The first kappa shape index (κ1) is 30.4. The van der Waals surface area contributed by atoms with Gasteiger partial charge < -0.3 is 10.2 Å². The summed E-state index contributed by atoms with van der Waals surface area (Å²) >= 11 is 24.3. The Hall–Kier alpha value is -3.54. The third-order valence-electron chi connectivity index (χ3n) is 6.31. The van der Waals surface area contributed by atoms with E-state index < -0.39 is 36.2 Å². The smallest absolute Gasteiger partial charge is 0.306 e. The Kier molecular flexibility index (Phi) is 9.31. The van der Waals surface area contributed by atoms with Gasteiger partial charge in [-0.25, -0.2) is 15.0 Å². The maximum Gasteiger partial charge on any atom is 0.347 e. The average Bonchev–Trinajstić information content (AvgIpc) is 3.12. The number of nitrogens with one attached hydrogen (secondary N) is 2. The molecule has 1 unspecified atom stereocenters. The lowest BCUT2D eigenvalue weighted by Crippen LogP contribution is -2.58. The summed E-state index contributed by atoms with van der Waals surface area (Å²) in [5.41, 5.74) is 2.33. The summed E-state index contributed by atoms with van der Waals surface area (Å²) < 4.78 is 0. The molecule has 5 amide bonds. The predicted octanol–water partition coefficient (Wildman–Crippen LogP) is 6.72. The van der Waals surface area contributed by atoms with Crippen molar-refractivity contribution in [3.8, 4) is 0 Å². The fourth-order valence-corrected chi connectivity index (χ4v) is 4.86. The number of carbonyl (C=O) groups is 3. The number of hydrazone groups is 1. The Morgan fingerprint density at radius 3 is 2.24 bits per heavy atom. The van der Waals surface area contributed by atoms with Crippen molar-refractivity contribution in [2.24, 2.45) is 5.10 Å². The van der Waals surface area contributed by atoms with Crippen LogP contribution in [0.5, 0.6) is 0 Å². The van der Waals surface area contributed by atoms with Crippen LogP contribution < -0.4 is 15.6 Å². The van der Waals surface area contributed by atoms with E-state index in [0.29, 0.717) is 5.06 Å². The van der Waals surface area contributed by atoms with E-state index >= 15 is 0 Å². The molecule has 0 aromatic heterocycles. The van der Waals surface area contributed by atoms with Gasteiger partial charge in [0.25, 0.3) is 5.91 Å². The summed E-state index contributed by atoms with van der Waals surface area (Å²) in [4.78, 5) is 42.1. The Morgan fingerprint density at radius 2 is 1.61 bits per heavy atom. The quantitative estimate of drug-likeness (QED) is 0.151. The van der Waals surface area contributed by atoms with Gasteiger partial charge in [0, 0.05) is 11.4 Å². The van der Waals surface area contributed by atoms with E-state index in [1.807, 2.05) is 18.2 Å². The van der Waals surface area contributed by atoms with E-state index in [4.69, 9.17) is 46.4 Å². The summed E-state index contributed by atoms with van der Waals surface area (Å²) in [6, 6.07) is 16.2. The first-order chi connectivity index (χ1) is 19.4. The zero-order chi connectivity index (χ0) is 29.9. The molecule has 41 heavy (non-hydrogen) atoms. The number of urea groups is 2. The van der Waals surface area contributed by atoms with Crippen LogP contribution in [0.25, 0.3) is 0 Å². The van der Waals surface area contributed by atoms with Gasteiger partial charge in [-0.05, 0) is 55.8 Å². The molecule has 1 saturated heterocycles. The highest BCUT2D eigenvalue weighted by molar-refractivity contribution is 6.42. The highest BCUT2D eigenvalue weighted by atomic mass is 35.5. The Morgan fingerprint density at radius 1 is 0.976 bits per heavy atom. The molecule has 0 radical (unpaired) electrons. The standard InChI is InChI=1S/C27H24Cl4N6O4/c1-27(2)24(37(41)25(39)33-17-8-10-19(28)21(30)12-17)36(18-9-11-20(29)22(31)13-18)26(40)35(27)15-23(38)34-32-14-16-6-4-3-5-7-16/h3-14,24,41H,15H2,1-2H3,(H,33,39)(H,34,38)/b32-14-. The van der Waals surface area contributed by atoms with Crippen LogP contribution in [0.3, 0.4) is 0 Å². The minimum Gasteiger partial charge on any atom is -0.306 e. The molecule has 1 aliphatic heterocycles. The lowest BCUT2D eigenvalue weighted by molar-refractivity contribution is -0.124. The molecule has 3 aromatic carbocycles. The van der Waals surface area contributed by atoms with Gasteiger partial charge in [-0.1, -0.05) is 76.7 Å². The van der Waals surface area contributed by atoms with Crippen LogP contribution in [0, 0.1) is 0 Å². The minimum absolute atomic E-state index is 0.143. The lowest BCUT2D eigenvalue weighted by atomic mass is 9.99. The highest BCUT2D eigenvalue weighted by Gasteiger charge is 2.56. The molecule has 4 rings (SSSR count). The number of halogens is 4. The first-order valence-corrected chi connectivity index (χ1v) is 13.6. The molecule has 3 N–H and O–H groups in total. The summed E-state index contributed by atoms with van der Waals surface area (Å²) in [6.07, 6.45) is 0.137. The van der Waals surface area contributed by atoms with E-state index in [2.05, 4.69) is 15.8 Å². The molecule has 0 bridgehead atoms. The second-order valence-electron chi connectivity index (χ2n) is 9.47. The Balaban J connectivity index is 1.62. The van der Waals surface area contributed by atoms with E-state index in [0.717, 1.165) is 10.5 Å². The molecule has 0 saturated carbocycles. The van der Waals surface area contributed by atoms with Gasteiger partial charge in [-0.2, -0.15) is 10.2 Å². The molecule has 3 aromatic rings. The molecule has 0 spiro atoms. The summed E-state index contributed by atoms with van der Waals surface area (Å²) in [5, 5.41) is 18.9. The Bertz CT molecular complexity index is 1500. The average molecular weight is 638 g/mol. The SMILES string of the molecule is CC1(C)C(N(O)C(=O)Nc2ccc(Cl)c(Cl)c2)N(c2ccc(Cl)c(Cl)c2)C(=O)N1CC(=O)N/N=C\c1ccccc1. The molecular weight excluding hydrogens is 614 g/mol. The van der Waals surface area contributed by atoms with Crippen LogP contribution >= 0.6 is 46.4 Å². The molecular formula is C27H24Cl4N6O4. The second kappa shape index (κ2) is 12.5. The number of anilines is 2. The minimum atomic E-state index is -1.32. The summed E-state index contributed by atoms with van der Waals surface area (Å²) in [7, 11) is 0. The zero-order valence-electron chi connectivity index (χ0n) is 21.7. The largest absolute Gasteiger partial charge is 0.347 e. The van der Waals surface area contributed by atoms with Crippen LogP contribution in [-0.4, -0.2) is 57.6 Å². The van der Waals surface area contributed by atoms with Crippen molar-refractivity contribution < 1.29 is 19.6 Å². The molecule has 214 valence electrons. The van der Waals surface area contributed by atoms with Crippen molar-refractivity contribution in [3.05, 3.63) is 92.4 Å². The second-order valence-corrected chi connectivity index (χ2v) is 11.1. The number of benzene rings is 3. The molecule has 1 aliphatic rings. The van der Waals surface area contributed by atoms with Gasteiger partial charge in [-0.15, -0.1) is 0 Å². The number of rotatable bonds is 7. The van der Waals surface area contributed by atoms with Gasteiger partial charge in [-0.3, -0.25) is 14.9 Å². The van der Waals surface area contributed by atoms with E-state index in [1.165, 1.54) is 47.5 Å². The lowest BCUT2D eigenvalue weighted by Gasteiger charge is -2.38. The third-order valence-corrected chi connectivity index (χ3v) is 7.78. The predicted molar refractivity (Wildman–Crippen MR) is 160 cm³/mol. The molecule has 14 heteroatoms. The highest BCUT2D eigenvalue weighted by Crippen LogP contribution is 2.39.